The zero-order valence-corrected chi connectivity index (χ0v) is 12.6. The molecule has 100 valence electrons. The van der Waals surface area contributed by atoms with Crippen LogP contribution in [-0.4, -0.2) is 13.0 Å². The highest BCUT2D eigenvalue weighted by atomic mass is 79.9. The number of amides is 1. The van der Waals surface area contributed by atoms with Crippen LogP contribution in [-0.2, 0) is 4.79 Å². The number of hydrogen-bond donors (Lipinski definition) is 2. The number of anilines is 1. The lowest BCUT2D eigenvalue weighted by molar-refractivity contribution is -0.117. The van der Waals surface area contributed by atoms with E-state index in [9.17, 15) is 4.79 Å². The fraction of sp³-hybridized carbons (Fsp3) is 0.154. The Balaban J connectivity index is 2.12. The van der Waals surface area contributed by atoms with Gasteiger partial charge < -0.3 is 15.8 Å². The van der Waals surface area contributed by atoms with Gasteiger partial charge in [-0.05, 0) is 23.6 Å². The monoisotopic (exact) mass is 340 g/mol. The van der Waals surface area contributed by atoms with Crippen LogP contribution in [0.25, 0.3) is 0 Å². The molecular weight excluding hydrogens is 328 g/mol. The van der Waals surface area contributed by atoms with E-state index in [1.807, 2.05) is 23.6 Å². The van der Waals surface area contributed by atoms with Crippen molar-refractivity contribution >= 4 is 38.9 Å². The minimum absolute atomic E-state index is 0.248. The quantitative estimate of drug-likeness (QED) is 0.898. The molecule has 0 saturated carbocycles. The van der Waals surface area contributed by atoms with E-state index in [-0.39, 0.29) is 5.91 Å². The standard InChI is InChI=1S/C13H13BrN2O2S/c1-18-10-6-8(14)5-9(7-10)16-13(17)12(15)11-3-2-4-19-11/h2-7,12H,15H2,1H3,(H,16,17). The molecule has 0 radical (unpaired) electrons. The van der Waals surface area contributed by atoms with Crippen LogP contribution in [0.2, 0.25) is 0 Å². The molecule has 1 amide bonds. The molecule has 6 heteroatoms. The summed E-state index contributed by atoms with van der Waals surface area (Å²) in [5, 5.41) is 4.67. The third-order valence-corrected chi connectivity index (χ3v) is 3.92. The van der Waals surface area contributed by atoms with Gasteiger partial charge in [-0.2, -0.15) is 0 Å². The third kappa shape index (κ3) is 3.56. The molecule has 0 aliphatic rings. The second-order valence-electron chi connectivity index (χ2n) is 3.86. The van der Waals surface area contributed by atoms with Crippen LogP contribution in [0.3, 0.4) is 0 Å². The van der Waals surface area contributed by atoms with Gasteiger partial charge in [0.2, 0.25) is 5.91 Å². The summed E-state index contributed by atoms with van der Waals surface area (Å²) in [5.41, 5.74) is 6.54. The smallest absolute Gasteiger partial charge is 0.246 e. The molecule has 1 aromatic heterocycles. The average molecular weight is 341 g/mol. The number of benzene rings is 1. The van der Waals surface area contributed by atoms with E-state index in [1.165, 1.54) is 11.3 Å². The Labute approximate surface area is 123 Å². The summed E-state index contributed by atoms with van der Waals surface area (Å²) in [7, 11) is 1.57. The minimum atomic E-state index is -0.662. The fourth-order valence-electron chi connectivity index (χ4n) is 1.57. The molecule has 1 aromatic carbocycles. The predicted molar refractivity (Wildman–Crippen MR) is 80.6 cm³/mol. The molecule has 2 rings (SSSR count). The molecule has 0 aliphatic heterocycles. The first-order valence-electron chi connectivity index (χ1n) is 5.54. The van der Waals surface area contributed by atoms with Crippen LogP contribution >= 0.6 is 27.3 Å². The van der Waals surface area contributed by atoms with E-state index in [4.69, 9.17) is 10.5 Å². The summed E-state index contributed by atoms with van der Waals surface area (Å²) in [4.78, 5) is 12.9. The summed E-state index contributed by atoms with van der Waals surface area (Å²) >= 11 is 4.82. The number of hydrogen-bond acceptors (Lipinski definition) is 4. The zero-order chi connectivity index (χ0) is 13.8. The highest BCUT2D eigenvalue weighted by molar-refractivity contribution is 9.10. The molecule has 0 fully saturated rings. The Bertz CT molecular complexity index is 572. The Hall–Kier alpha value is -1.37. The van der Waals surface area contributed by atoms with Crippen LogP contribution in [0.5, 0.6) is 5.75 Å². The average Bonchev–Trinajstić information content (AvgIpc) is 2.90. The number of halogens is 1. The first kappa shape index (κ1) is 14.0. The second kappa shape index (κ2) is 6.18. The first-order chi connectivity index (χ1) is 9.10. The summed E-state index contributed by atoms with van der Waals surface area (Å²) in [6, 6.07) is 8.40. The van der Waals surface area contributed by atoms with Gasteiger partial charge in [-0.15, -0.1) is 11.3 Å². The lowest BCUT2D eigenvalue weighted by atomic mass is 10.2. The molecule has 0 saturated heterocycles. The third-order valence-electron chi connectivity index (χ3n) is 2.51. The van der Waals surface area contributed by atoms with E-state index >= 15 is 0 Å². The van der Waals surface area contributed by atoms with E-state index in [2.05, 4.69) is 21.2 Å². The van der Waals surface area contributed by atoms with Gasteiger partial charge in [0, 0.05) is 21.1 Å². The number of thiophene rings is 1. The molecule has 1 unspecified atom stereocenters. The van der Waals surface area contributed by atoms with Crippen molar-refractivity contribution in [2.75, 3.05) is 12.4 Å². The number of nitrogens with two attached hydrogens (primary N) is 1. The van der Waals surface area contributed by atoms with Gasteiger partial charge in [0.05, 0.1) is 7.11 Å². The van der Waals surface area contributed by atoms with E-state index in [0.29, 0.717) is 11.4 Å². The number of carbonyl (C=O) groups is 1. The topological polar surface area (TPSA) is 64.3 Å². The molecule has 4 nitrogen and oxygen atoms in total. The normalized spacial score (nSPS) is 11.9. The lowest BCUT2D eigenvalue weighted by Crippen LogP contribution is -2.26. The first-order valence-corrected chi connectivity index (χ1v) is 7.22. The minimum Gasteiger partial charge on any atom is -0.497 e. The van der Waals surface area contributed by atoms with Gasteiger partial charge >= 0.3 is 0 Å². The van der Waals surface area contributed by atoms with Gasteiger partial charge in [-0.25, -0.2) is 0 Å². The van der Waals surface area contributed by atoms with Gasteiger partial charge in [0.15, 0.2) is 0 Å². The summed E-state index contributed by atoms with van der Waals surface area (Å²) in [6.45, 7) is 0. The van der Waals surface area contributed by atoms with Crippen LogP contribution in [0.15, 0.2) is 40.2 Å². The van der Waals surface area contributed by atoms with Crippen molar-refractivity contribution in [1.82, 2.24) is 0 Å². The second-order valence-corrected chi connectivity index (χ2v) is 5.76. The van der Waals surface area contributed by atoms with Crippen molar-refractivity contribution in [3.8, 4) is 5.75 Å². The molecule has 0 aliphatic carbocycles. The summed E-state index contributed by atoms with van der Waals surface area (Å²) in [6.07, 6.45) is 0. The van der Waals surface area contributed by atoms with E-state index < -0.39 is 6.04 Å². The van der Waals surface area contributed by atoms with Crippen LogP contribution in [0.4, 0.5) is 5.69 Å². The fourth-order valence-corrected chi connectivity index (χ4v) is 2.77. The Morgan fingerprint density at radius 3 is 2.89 bits per heavy atom. The zero-order valence-electron chi connectivity index (χ0n) is 10.2. The van der Waals surface area contributed by atoms with Crippen molar-refractivity contribution in [1.29, 1.82) is 0 Å². The summed E-state index contributed by atoms with van der Waals surface area (Å²) in [5.74, 6) is 0.414. The van der Waals surface area contributed by atoms with Gasteiger partial charge in [-0.3, -0.25) is 4.79 Å². The highest BCUT2D eigenvalue weighted by Gasteiger charge is 2.17. The maximum atomic E-state index is 12.0. The molecule has 0 spiro atoms. The highest BCUT2D eigenvalue weighted by Crippen LogP contribution is 2.25. The van der Waals surface area contributed by atoms with Crippen LogP contribution in [0.1, 0.15) is 10.9 Å². The van der Waals surface area contributed by atoms with Gasteiger partial charge in [-0.1, -0.05) is 22.0 Å². The molecule has 3 N–H and O–H groups in total. The lowest BCUT2D eigenvalue weighted by Gasteiger charge is -2.12. The van der Waals surface area contributed by atoms with Crippen molar-refractivity contribution in [2.45, 2.75) is 6.04 Å². The number of methoxy groups -OCH3 is 1. The number of carbonyl (C=O) groups excluding carboxylic acids is 1. The van der Waals surface area contributed by atoms with Crippen LogP contribution < -0.4 is 15.8 Å². The molecule has 2 aromatic rings. The molecule has 1 heterocycles. The SMILES string of the molecule is COc1cc(Br)cc(NC(=O)C(N)c2cccs2)c1. The Kier molecular flexibility index (Phi) is 4.57. The molecule has 1 atom stereocenters. The number of rotatable bonds is 4. The van der Waals surface area contributed by atoms with Crippen molar-refractivity contribution in [3.63, 3.8) is 0 Å². The molecule has 0 bridgehead atoms. The van der Waals surface area contributed by atoms with E-state index in [1.54, 1.807) is 19.2 Å². The predicted octanol–water partition coefficient (Wildman–Crippen LogP) is 3.16. The van der Waals surface area contributed by atoms with Gasteiger partial charge in [0.1, 0.15) is 11.8 Å². The maximum Gasteiger partial charge on any atom is 0.246 e. The summed E-state index contributed by atoms with van der Waals surface area (Å²) < 4.78 is 5.97. The Morgan fingerprint density at radius 1 is 1.47 bits per heavy atom. The van der Waals surface area contributed by atoms with Crippen molar-refractivity contribution < 1.29 is 9.53 Å². The largest absolute Gasteiger partial charge is 0.497 e. The molecular formula is C13H13BrN2O2S. The van der Waals surface area contributed by atoms with Crippen LogP contribution in [0, 0.1) is 0 Å². The van der Waals surface area contributed by atoms with Crippen molar-refractivity contribution in [3.05, 3.63) is 45.1 Å². The van der Waals surface area contributed by atoms with E-state index in [0.717, 1.165) is 9.35 Å². The van der Waals surface area contributed by atoms with Crippen molar-refractivity contribution in [2.24, 2.45) is 5.73 Å². The molecule has 19 heavy (non-hydrogen) atoms. The van der Waals surface area contributed by atoms with Gasteiger partial charge in [0.25, 0.3) is 0 Å². The number of nitrogens with one attached hydrogen (secondary N) is 1. The Morgan fingerprint density at radius 2 is 2.26 bits per heavy atom. The number of ether oxygens (including phenoxy) is 1. The maximum absolute atomic E-state index is 12.0.